The number of carbonyl (C=O) groups excluding carboxylic acids is 1. The van der Waals surface area contributed by atoms with Gasteiger partial charge in [0.25, 0.3) is 0 Å². The first-order valence-electron chi connectivity index (χ1n) is 8.13. The number of piperidine rings is 1. The van der Waals surface area contributed by atoms with Crippen LogP contribution in [0.1, 0.15) is 18.6 Å². The highest BCUT2D eigenvalue weighted by molar-refractivity contribution is 7.89. The maximum atomic E-state index is 12.9. The molecule has 26 heavy (non-hydrogen) atoms. The van der Waals surface area contributed by atoms with Gasteiger partial charge in [-0.3, -0.25) is 4.79 Å². The molecule has 0 aliphatic carbocycles. The molecule has 0 unspecified atom stereocenters. The van der Waals surface area contributed by atoms with Crippen LogP contribution in [0.4, 0.5) is 0 Å². The number of halogens is 2. The third-order valence-corrected chi connectivity index (χ3v) is 6.86. The molecule has 0 radical (unpaired) electrons. The van der Waals surface area contributed by atoms with Crippen molar-refractivity contribution in [2.75, 3.05) is 13.1 Å². The van der Waals surface area contributed by atoms with Crippen LogP contribution in [-0.4, -0.2) is 31.7 Å². The Morgan fingerprint density at radius 1 is 1.31 bits per heavy atom. The summed E-state index contributed by atoms with van der Waals surface area (Å²) in [6, 6.07) is 7.82. The van der Waals surface area contributed by atoms with Crippen molar-refractivity contribution in [2.45, 2.75) is 24.3 Å². The number of carbonyl (C=O) groups is 1. The van der Waals surface area contributed by atoms with Crippen molar-refractivity contribution >= 4 is 39.1 Å². The summed E-state index contributed by atoms with van der Waals surface area (Å²) in [6.07, 6.45) is 2.75. The molecule has 0 saturated carbocycles. The van der Waals surface area contributed by atoms with E-state index < -0.39 is 15.9 Å². The van der Waals surface area contributed by atoms with E-state index in [1.165, 1.54) is 28.8 Å². The summed E-state index contributed by atoms with van der Waals surface area (Å²) in [6.45, 7) is 0.720. The average Bonchev–Trinajstić information content (AvgIpc) is 3.15. The molecule has 140 valence electrons. The van der Waals surface area contributed by atoms with Gasteiger partial charge in [-0.15, -0.1) is 0 Å². The van der Waals surface area contributed by atoms with E-state index in [9.17, 15) is 13.2 Å². The zero-order valence-electron chi connectivity index (χ0n) is 13.8. The molecule has 1 aliphatic rings. The van der Waals surface area contributed by atoms with Gasteiger partial charge in [0.1, 0.15) is 10.7 Å². The lowest BCUT2D eigenvalue weighted by atomic mass is 9.99. The molecule has 0 spiro atoms. The number of sulfonamides is 1. The molecule has 1 N–H and O–H groups in total. The van der Waals surface area contributed by atoms with Gasteiger partial charge in [-0.2, -0.15) is 4.31 Å². The molecule has 6 nitrogen and oxygen atoms in total. The minimum absolute atomic E-state index is 0.0386. The average molecular weight is 417 g/mol. The Bertz CT molecular complexity index is 884. The fourth-order valence-corrected chi connectivity index (χ4v) is 5.18. The first-order valence-corrected chi connectivity index (χ1v) is 10.3. The zero-order valence-corrected chi connectivity index (χ0v) is 16.1. The van der Waals surface area contributed by atoms with E-state index in [2.05, 4.69) is 5.32 Å². The standard InChI is InChI=1S/C17H18Cl2N2O4S/c18-13-5-6-15(19)16(9-13)26(23,24)21-7-1-3-12(11-21)17(22)20-10-14-4-2-8-25-14/h2,4-6,8-9,12H,1,3,7,10-11H2,(H,20,22)/t12-/m1/s1. The van der Waals surface area contributed by atoms with Crippen molar-refractivity contribution in [3.8, 4) is 0 Å². The quantitative estimate of drug-likeness (QED) is 0.810. The molecule has 1 aliphatic heterocycles. The highest BCUT2D eigenvalue weighted by Gasteiger charge is 2.34. The monoisotopic (exact) mass is 416 g/mol. The van der Waals surface area contributed by atoms with Crippen LogP contribution in [0.2, 0.25) is 10.0 Å². The highest BCUT2D eigenvalue weighted by atomic mass is 35.5. The first-order chi connectivity index (χ1) is 12.4. The number of furan rings is 1. The first kappa shape index (κ1) is 19.2. The van der Waals surface area contributed by atoms with E-state index in [1.54, 1.807) is 12.1 Å². The summed E-state index contributed by atoms with van der Waals surface area (Å²) in [5.74, 6) is 0.0225. The van der Waals surface area contributed by atoms with Crippen LogP contribution in [0.3, 0.4) is 0 Å². The molecule has 2 aromatic rings. The zero-order chi connectivity index (χ0) is 18.7. The predicted octanol–water partition coefficient (Wildman–Crippen LogP) is 3.30. The lowest BCUT2D eigenvalue weighted by Crippen LogP contribution is -2.45. The number of nitrogens with zero attached hydrogens (tertiary/aromatic N) is 1. The molecular weight excluding hydrogens is 399 g/mol. The molecule has 1 amide bonds. The number of rotatable bonds is 5. The largest absolute Gasteiger partial charge is 0.467 e. The number of hydrogen-bond donors (Lipinski definition) is 1. The van der Waals surface area contributed by atoms with E-state index >= 15 is 0 Å². The Kier molecular flexibility index (Phi) is 5.92. The van der Waals surface area contributed by atoms with Crippen LogP contribution in [0, 0.1) is 5.92 Å². The summed E-state index contributed by atoms with van der Waals surface area (Å²) in [5.41, 5.74) is 0. The van der Waals surface area contributed by atoms with Crippen LogP contribution in [0.25, 0.3) is 0 Å². The number of nitrogens with one attached hydrogen (secondary N) is 1. The van der Waals surface area contributed by atoms with E-state index in [4.69, 9.17) is 27.6 Å². The topological polar surface area (TPSA) is 79.6 Å². The summed E-state index contributed by atoms with van der Waals surface area (Å²) < 4.78 is 32.3. The maximum Gasteiger partial charge on any atom is 0.244 e. The molecule has 1 aromatic heterocycles. The number of amides is 1. The Balaban J connectivity index is 1.71. The number of hydrogen-bond acceptors (Lipinski definition) is 4. The van der Waals surface area contributed by atoms with Crippen molar-refractivity contribution < 1.29 is 17.6 Å². The molecule has 0 bridgehead atoms. The Morgan fingerprint density at radius 3 is 2.85 bits per heavy atom. The molecule has 1 fully saturated rings. The van der Waals surface area contributed by atoms with Gasteiger partial charge in [0.05, 0.1) is 23.7 Å². The molecule has 2 heterocycles. The minimum Gasteiger partial charge on any atom is -0.467 e. The fraction of sp³-hybridized carbons (Fsp3) is 0.353. The van der Waals surface area contributed by atoms with Gasteiger partial charge in [-0.25, -0.2) is 8.42 Å². The third kappa shape index (κ3) is 4.23. The Morgan fingerprint density at radius 2 is 2.12 bits per heavy atom. The Labute approximate surface area is 162 Å². The van der Waals surface area contributed by atoms with Gasteiger partial charge in [0.2, 0.25) is 15.9 Å². The van der Waals surface area contributed by atoms with E-state index in [-0.39, 0.29) is 33.9 Å². The van der Waals surface area contributed by atoms with Crippen LogP contribution < -0.4 is 5.32 Å². The maximum absolute atomic E-state index is 12.9. The molecular formula is C17H18Cl2N2O4S. The summed E-state index contributed by atoms with van der Waals surface area (Å²) >= 11 is 12.0. The molecule has 1 atom stereocenters. The second-order valence-corrected chi connectivity index (χ2v) is 8.82. The normalized spacial score (nSPS) is 18.6. The van der Waals surface area contributed by atoms with Gasteiger partial charge in [-0.05, 0) is 43.2 Å². The SMILES string of the molecule is O=C(NCc1ccco1)[C@@H]1CCCN(S(=O)(=O)c2cc(Cl)ccc2Cl)C1. The van der Waals surface area contributed by atoms with Gasteiger partial charge < -0.3 is 9.73 Å². The molecule has 1 aromatic carbocycles. The summed E-state index contributed by atoms with van der Waals surface area (Å²) in [7, 11) is -3.82. The lowest BCUT2D eigenvalue weighted by molar-refractivity contribution is -0.126. The van der Waals surface area contributed by atoms with Crippen LogP contribution in [0.5, 0.6) is 0 Å². The number of benzene rings is 1. The molecule has 9 heteroatoms. The van der Waals surface area contributed by atoms with E-state index in [0.717, 1.165) is 0 Å². The van der Waals surface area contributed by atoms with E-state index in [1.807, 2.05) is 0 Å². The van der Waals surface area contributed by atoms with Crippen molar-refractivity contribution in [3.63, 3.8) is 0 Å². The minimum atomic E-state index is -3.82. The van der Waals surface area contributed by atoms with Crippen molar-refractivity contribution in [1.82, 2.24) is 9.62 Å². The van der Waals surface area contributed by atoms with E-state index in [0.29, 0.717) is 25.1 Å². The molecule has 1 saturated heterocycles. The van der Waals surface area contributed by atoms with Gasteiger partial charge >= 0.3 is 0 Å². The van der Waals surface area contributed by atoms with Crippen LogP contribution >= 0.6 is 23.2 Å². The van der Waals surface area contributed by atoms with Crippen molar-refractivity contribution in [1.29, 1.82) is 0 Å². The summed E-state index contributed by atoms with van der Waals surface area (Å²) in [5, 5.41) is 3.19. The highest BCUT2D eigenvalue weighted by Crippen LogP contribution is 2.30. The van der Waals surface area contributed by atoms with Crippen molar-refractivity contribution in [2.24, 2.45) is 5.92 Å². The fourth-order valence-electron chi connectivity index (χ4n) is 2.92. The van der Waals surface area contributed by atoms with Gasteiger partial charge in [0, 0.05) is 18.1 Å². The summed E-state index contributed by atoms with van der Waals surface area (Å²) in [4.78, 5) is 12.4. The molecule has 3 rings (SSSR count). The third-order valence-electron chi connectivity index (χ3n) is 4.28. The smallest absolute Gasteiger partial charge is 0.244 e. The second kappa shape index (κ2) is 8.00. The Hall–Kier alpha value is -1.54. The van der Waals surface area contributed by atoms with Crippen molar-refractivity contribution in [3.05, 3.63) is 52.4 Å². The van der Waals surface area contributed by atoms with Crippen LogP contribution in [-0.2, 0) is 21.4 Å². The van der Waals surface area contributed by atoms with Crippen LogP contribution in [0.15, 0.2) is 45.9 Å². The van der Waals surface area contributed by atoms with Gasteiger partial charge in [-0.1, -0.05) is 23.2 Å². The lowest BCUT2D eigenvalue weighted by Gasteiger charge is -2.31. The van der Waals surface area contributed by atoms with Gasteiger partial charge in [0.15, 0.2) is 0 Å². The predicted molar refractivity (Wildman–Crippen MR) is 98.5 cm³/mol. The second-order valence-electron chi connectivity index (χ2n) is 6.07.